The van der Waals surface area contributed by atoms with Crippen molar-refractivity contribution >= 4 is 17.7 Å². The zero-order valence-corrected chi connectivity index (χ0v) is 16.9. The minimum atomic E-state index is -0.466. The molecular formula is C25H22N2O3. The molecule has 30 heavy (non-hydrogen) atoms. The van der Waals surface area contributed by atoms with Crippen molar-refractivity contribution < 1.29 is 14.3 Å². The van der Waals surface area contributed by atoms with Gasteiger partial charge in [-0.05, 0) is 54.0 Å². The topological polar surface area (TPSA) is 71.3 Å². The standard InChI is InChI=1S/C25H22N2O3/c1-18-7-6-10-22(13-18)27-25(28)21(16-26)14-20-11-12-23(24(15-20)29-2)30-17-19-8-4-3-5-9-19/h3-15H,17H2,1-2H3,(H,27,28)/b21-14-. The fourth-order valence-electron chi connectivity index (χ4n) is 2.87. The molecule has 5 heteroatoms. The van der Waals surface area contributed by atoms with Gasteiger partial charge < -0.3 is 14.8 Å². The van der Waals surface area contributed by atoms with Crippen LogP contribution < -0.4 is 14.8 Å². The number of methoxy groups -OCH3 is 1. The van der Waals surface area contributed by atoms with Crippen molar-refractivity contribution in [2.45, 2.75) is 13.5 Å². The van der Waals surface area contributed by atoms with Gasteiger partial charge in [-0.3, -0.25) is 4.79 Å². The van der Waals surface area contributed by atoms with Gasteiger partial charge in [-0.2, -0.15) is 5.26 Å². The summed E-state index contributed by atoms with van der Waals surface area (Å²) in [6, 6.07) is 24.5. The molecule has 0 radical (unpaired) electrons. The van der Waals surface area contributed by atoms with E-state index in [1.807, 2.05) is 61.5 Å². The number of carbonyl (C=O) groups is 1. The summed E-state index contributed by atoms with van der Waals surface area (Å²) >= 11 is 0. The summed E-state index contributed by atoms with van der Waals surface area (Å²) in [5.74, 6) is 0.642. The largest absolute Gasteiger partial charge is 0.493 e. The summed E-state index contributed by atoms with van der Waals surface area (Å²) in [5, 5.41) is 12.2. The number of aryl methyl sites for hydroxylation is 1. The monoisotopic (exact) mass is 398 g/mol. The van der Waals surface area contributed by atoms with Crippen LogP contribution in [0.1, 0.15) is 16.7 Å². The van der Waals surface area contributed by atoms with Crippen LogP contribution in [0.25, 0.3) is 6.08 Å². The highest BCUT2D eigenvalue weighted by atomic mass is 16.5. The predicted octanol–water partition coefficient (Wildman–Crippen LogP) is 5.13. The van der Waals surface area contributed by atoms with Gasteiger partial charge in [-0.15, -0.1) is 0 Å². The lowest BCUT2D eigenvalue weighted by Gasteiger charge is -2.11. The molecular weight excluding hydrogens is 376 g/mol. The maximum absolute atomic E-state index is 12.5. The number of nitrogens with zero attached hydrogens (tertiary/aromatic N) is 1. The summed E-state index contributed by atoms with van der Waals surface area (Å²) in [6.45, 7) is 2.35. The van der Waals surface area contributed by atoms with E-state index in [1.54, 1.807) is 31.4 Å². The zero-order valence-electron chi connectivity index (χ0n) is 16.9. The van der Waals surface area contributed by atoms with Crippen molar-refractivity contribution in [1.29, 1.82) is 5.26 Å². The zero-order chi connectivity index (χ0) is 21.3. The molecule has 5 nitrogen and oxygen atoms in total. The fourth-order valence-corrected chi connectivity index (χ4v) is 2.87. The molecule has 0 aliphatic rings. The highest BCUT2D eigenvalue weighted by Crippen LogP contribution is 2.29. The molecule has 0 aliphatic carbocycles. The van der Waals surface area contributed by atoms with Crippen LogP contribution in [0.15, 0.2) is 78.4 Å². The minimum Gasteiger partial charge on any atom is -0.493 e. The van der Waals surface area contributed by atoms with E-state index in [2.05, 4.69) is 5.32 Å². The van der Waals surface area contributed by atoms with Crippen LogP contribution in [0, 0.1) is 18.3 Å². The first-order valence-electron chi connectivity index (χ1n) is 9.43. The number of hydrogen-bond acceptors (Lipinski definition) is 4. The highest BCUT2D eigenvalue weighted by molar-refractivity contribution is 6.09. The molecule has 3 aromatic carbocycles. The van der Waals surface area contributed by atoms with Crippen LogP contribution in [0.5, 0.6) is 11.5 Å². The Morgan fingerprint density at radius 1 is 1.03 bits per heavy atom. The van der Waals surface area contributed by atoms with Crippen LogP contribution in [0.4, 0.5) is 5.69 Å². The quantitative estimate of drug-likeness (QED) is 0.442. The van der Waals surface area contributed by atoms with Crippen molar-refractivity contribution in [2.24, 2.45) is 0 Å². The molecule has 0 saturated carbocycles. The van der Waals surface area contributed by atoms with E-state index in [0.717, 1.165) is 11.1 Å². The van der Waals surface area contributed by atoms with E-state index < -0.39 is 5.91 Å². The second kappa shape index (κ2) is 9.94. The van der Waals surface area contributed by atoms with Gasteiger partial charge in [0.25, 0.3) is 5.91 Å². The van der Waals surface area contributed by atoms with Crippen molar-refractivity contribution in [3.05, 3.63) is 95.1 Å². The summed E-state index contributed by atoms with van der Waals surface area (Å²) in [7, 11) is 1.55. The Morgan fingerprint density at radius 2 is 1.83 bits per heavy atom. The number of rotatable bonds is 7. The summed E-state index contributed by atoms with van der Waals surface area (Å²) < 4.78 is 11.3. The van der Waals surface area contributed by atoms with Gasteiger partial charge in [-0.1, -0.05) is 48.5 Å². The number of carbonyl (C=O) groups excluding carboxylic acids is 1. The summed E-state index contributed by atoms with van der Waals surface area (Å²) in [5.41, 5.74) is 3.36. The van der Waals surface area contributed by atoms with Crippen molar-refractivity contribution in [2.75, 3.05) is 12.4 Å². The maximum atomic E-state index is 12.5. The highest BCUT2D eigenvalue weighted by Gasteiger charge is 2.11. The van der Waals surface area contributed by atoms with Crippen LogP contribution >= 0.6 is 0 Å². The third kappa shape index (κ3) is 5.49. The number of ether oxygens (including phenoxy) is 2. The molecule has 0 atom stereocenters. The van der Waals surface area contributed by atoms with E-state index >= 15 is 0 Å². The molecule has 0 spiro atoms. The predicted molar refractivity (Wildman–Crippen MR) is 117 cm³/mol. The lowest BCUT2D eigenvalue weighted by atomic mass is 10.1. The van der Waals surface area contributed by atoms with Gasteiger partial charge in [0.1, 0.15) is 18.2 Å². The Morgan fingerprint density at radius 3 is 2.53 bits per heavy atom. The van der Waals surface area contributed by atoms with Crippen LogP contribution in [0.3, 0.4) is 0 Å². The third-order valence-corrected chi connectivity index (χ3v) is 4.38. The molecule has 0 aliphatic heterocycles. The number of hydrogen-bond donors (Lipinski definition) is 1. The van der Waals surface area contributed by atoms with Gasteiger partial charge in [0.15, 0.2) is 11.5 Å². The molecule has 1 N–H and O–H groups in total. The Bertz CT molecular complexity index is 1100. The van der Waals surface area contributed by atoms with Crippen LogP contribution in [-0.4, -0.2) is 13.0 Å². The van der Waals surface area contributed by atoms with E-state index in [-0.39, 0.29) is 5.57 Å². The second-order valence-corrected chi connectivity index (χ2v) is 6.68. The van der Waals surface area contributed by atoms with Gasteiger partial charge in [0, 0.05) is 5.69 Å². The third-order valence-electron chi connectivity index (χ3n) is 4.38. The molecule has 150 valence electrons. The number of nitrogens with one attached hydrogen (secondary N) is 1. The van der Waals surface area contributed by atoms with Gasteiger partial charge in [-0.25, -0.2) is 0 Å². The Labute approximate surface area is 176 Å². The second-order valence-electron chi connectivity index (χ2n) is 6.68. The van der Waals surface area contributed by atoms with E-state index in [4.69, 9.17) is 9.47 Å². The van der Waals surface area contributed by atoms with Crippen molar-refractivity contribution in [3.63, 3.8) is 0 Å². The van der Waals surface area contributed by atoms with E-state index in [1.165, 1.54) is 6.08 Å². The summed E-state index contributed by atoms with van der Waals surface area (Å²) in [4.78, 5) is 12.5. The average Bonchev–Trinajstić information content (AvgIpc) is 2.77. The van der Waals surface area contributed by atoms with Gasteiger partial charge >= 0.3 is 0 Å². The Hall–Kier alpha value is -4.04. The minimum absolute atomic E-state index is 0.00323. The Balaban J connectivity index is 1.75. The molecule has 1 amide bonds. The fraction of sp³-hybridized carbons (Fsp3) is 0.120. The molecule has 0 saturated heterocycles. The molecule has 0 unspecified atom stereocenters. The van der Waals surface area contributed by atoms with Gasteiger partial charge in [0.2, 0.25) is 0 Å². The van der Waals surface area contributed by atoms with Crippen LogP contribution in [-0.2, 0) is 11.4 Å². The molecule has 0 heterocycles. The Kier molecular flexibility index (Phi) is 6.86. The lowest BCUT2D eigenvalue weighted by Crippen LogP contribution is -2.13. The molecule has 0 bridgehead atoms. The van der Waals surface area contributed by atoms with Crippen LogP contribution in [0.2, 0.25) is 0 Å². The molecule has 0 aromatic heterocycles. The van der Waals surface area contributed by atoms with Crippen molar-refractivity contribution in [3.8, 4) is 17.6 Å². The van der Waals surface area contributed by atoms with Gasteiger partial charge in [0.05, 0.1) is 7.11 Å². The molecule has 3 aromatic rings. The normalized spacial score (nSPS) is 10.8. The smallest absolute Gasteiger partial charge is 0.266 e. The number of anilines is 1. The number of benzene rings is 3. The van der Waals surface area contributed by atoms with Crippen molar-refractivity contribution in [1.82, 2.24) is 0 Å². The van der Waals surface area contributed by atoms with E-state index in [9.17, 15) is 10.1 Å². The first-order chi connectivity index (χ1) is 14.6. The first kappa shape index (κ1) is 20.7. The SMILES string of the molecule is COc1cc(/C=C(/C#N)C(=O)Nc2cccc(C)c2)ccc1OCc1ccccc1. The lowest BCUT2D eigenvalue weighted by molar-refractivity contribution is -0.112. The van der Waals surface area contributed by atoms with E-state index in [0.29, 0.717) is 29.4 Å². The summed E-state index contributed by atoms with van der Waals surface area (Å²) in [6.07, 6.45) is 1.52. The number of amides is 1. The first-order valence-corrected chi connectivity index (χ1v) is 9.43. The maximum Gasteiger partial charge on any atom is 0.266 e. The number of nitriles is 1. The molecule has 0 fully saturated rings. The molecule has 3 rings (SSSR count). The average molecular weight is 398 g/mol.